The molecule has 5 nitrogen and oxygen atoms in total. The minimum Gasteiger partial charge on any atom is -0.485 e. The first-order valence-electron chi connectivity index (χ1n) is 7.98. The molecular weight excluding hydrogens is 312 g/mol. The summed E-state index contributed by atoms with van der Waals surface area (Å²) in [6, 6.07) is 21.2. The Morgan fingerprint density at radius 2 is 1.76 bits per heavy atom. The fourth-order valence-electron chi connectivity index (χ4n) is 2.54. The molecule has 126 valence electrons. The highest BCUT2D eigenvalue weighted by Crippen LogP contribution is 2.31. The van der Waals surface area contributed by atoms with Gasteiger partial charge in [-0.3, -0.25) is 10.3 Å². The van der Waals surface area contributed by atoms with Crippen LogP contribution in [-0.2, 0) is 6.61 Å². The van der Waals surface area contributed by atoms with E-state index in [4.69, 9.17) is 15.9 Å². The Labute approximate surface area is 147 Å². The number of guanidine groups is 1. The molecule has 25 heavy (non-hydrogen) atoms. The highest BCUT2D eigenvalue weighted by molar-refractivity contribution is 6.00. The van der Waals surface area contributed by atoms with E-state index in [1.165, 1.54) is 5.56 Å². The largest absolute Gasteiger partial charge is 0.485 e. The lowest BCUT2D eigenvalue weighted by Gasteiger charge is -2.24. The Bertz CT molecular complexity index is 864. The maximum Gasteiger partial charge on any atom is 0.198 e. The molecule has 0 saturated heterocycles. The molecule has 3 aromatic rings. The first-order valence-corrected chi connectivity index (χ1v) is 7.98. The van der Waals surface area contributed by atoms with Crippen LogP contribution in [0.25, 0.3) is 0 Å². The summed E-state index contributed by atoms with van der Waals surface area (Å²) in [5.41, 5.74) is 8.84. The van der Waals surface area contributed by atoms with Crippen molar-refractivity contribution in [2.45, 2.75) is 13.5 Å². The Morgan fingerprint density at radius 3 is 2.48 bits per heavy atom. The lowest BCUT2D eigenvalue weighted by atomic mass is 10.1. The van der Waals surface area contributed by atoms with Gasteiger partial charge in [-0.1, -0.05) is 42.5 Å². The third kappa shape index (κ3) is 3.77. The van der Waals surface area contributed by atoms with Crippen molar-refractivity contribution in [3.8, 4) is 5.75 Å². The van der Waals surface area contributed by atoms with Crippen molar-refractivity contribution in [3.63, 3.8) is 0 Å². The topological polar surface area (TPSA) is 75.2 Å². The Hall–Kier alpha value is -3.34. The lowest BCUT2D eigenvalue weighted by molar-refractivity contribution is 0.305. The number of hydrogen-bond acceptors (Lipinski definition) is 3. The second kappa shape index (κ2) is 7.49. The van der Waals surface area contributed by atoms with Crippen molar-refractivity contribution in [1.82, 2.24) is 4.98 Å². The molecule has 3 N–H and O–H groups in total. The number of pyridine rings is 1. The highest BCUT2D eigenvalue weighted by atomic mass is 16.5. The van der Waals surface area contributed by atoms with Crippen LogP contribution in [0.3, 0.4) is 0 Å². The smallest absolute Gasteiger partial charge is 0.198 e. The van der Waals surface area contributed by atoms with E-state index in [-0.39, 0.29) is 5.96 Å². The molecule has 0 saturated carbocycles. The van der Waals surface area contributed by atoms with E-state index in [1.807, 2.05) is 54.6 Å². The van der Waals surface area contributed by atoms with Crippen molar-refractivity contribution in [3.05, 3.63) is 84.1 Å². The average Bonchev–Trinajstić information content (AvgIpc) is 2.63. The van der Waals surface area contributed by atoms with Gasteiger partial charge in [-0.2, -0.15) is 0 Å². The second-order valence-corrected chi connectivity index (χ2v) is 5.60. The number of benzene rings is 2. The van der Waals surface area contributed by atoms with E-state index in [0.29, 0.717) is 18.2 Å². The van der Waals surface area contributed by atoms with Gasteiger partial charge < -0.3 is 10.5 Å². The quantitative estimate of drug-likeness (QED) is 0.547. The third-order valence-corrected chi connectivity index (χ3v) is 3.86. The van der Waals surface area contributed by atoms with Crippen molar-refractivity contribution >= 4 is 17.5 Å². The van der Waals surface area contributed by atoms with Crippen LogP contribution in [0.5, 0.6) is 5.75 Å². The summed E-state index contributed by atoms with van der Waals surface area (Å²) in [5, 5.41) is 7.96. The van der Waals surface area contributed by atoms with Gasteiger partial charge in [0.2, 0.25) is 0 Å². The van der Waals surface area contributed by atoms with Crippen LogP contribution in [0, 0.1) is 12.3 Å². The molecule has 0 bridgehead atoms. The van der Waals surface area contributed by atoms with Gasteiger partial charge in [0.1, 0.15) is 6.61 Å². The molecule has 0 spiro atoms. The minimum absolute atomic E-state index is 0.120. The summed E-state index contributed by atoms with van der Waals surface area (Å²) in [5.74, 6) is 0.949. The summed E-state index contributed by atoms with van der Waals surface area (Å²) in [6.45, 7) is 2.47. The number of para-hydroxylation sites is 1. The number of anilines is 2. The zero-order valence-corrected chi connectivity index (χ0v) is 14.0. The Kier molecular flexibility index (Phi) is 4.95. The number of nitrogens with zero attached hydrogens (tertiary/aromatic N) is 2. The van der Waals surface area contributed by atoms with E-state index in [1.54, 1.807) is 17.2 Å². The van der Waals surface area contributed by atoms with Crippen molar-refractivity contribution < 1.29 is 4.74 Å². The molecule has 0 atom stereocenters. The summed E-state index contributed by atoms with van der Waals surface area (Å²) < 4.78 is 6.00. The van der Waals surface area contributed by atoms with Gasteiger partial charge in [0.15, 0.2) is 17.5 Å². The monoisotopic (exact) mass is 332 g/mol. The van der Waals surface area contributed by atoms with Crippen LogP contribution in [0.2, 0.25) is 0 Å². The molecule has 2 aromatic carbocycles. The van der Waals surface area contributed by atoms with Gasteiger partial charge in [-0.15, -0.1) is 0 Å². The molecule has 0 fully saturated rings. The standard InChI is InChI=1S/C20H20N4O/c1-15-8-5-6-9-16(15)14-25-18-12-7-13-23-19(18)24(20(21)22)17-10-3-2-4-11-17/h2-13H,14H2,1H3,(H3,21,22). The number of ether oxygens (including phenoxy) is 1. The molecule has 0 unspecified atom stereocenters. The first kappa shape index (κ1) is 16.5. The SMILES string of the molecule is Cc1ccccc1COc1cccnc1N(C(=N)N)c1ccccc1. The fraction of sp³-hybridized carbons (Fsp3) is 0.100. The number of hydrogen-bond donors (Lipinski definition) is 2. The molecule has 5 heteroatoms. The maximum atomic E-state index is 7.96. The second-order valence-electron chi connectivity index (χ2n) is 5.60. The van der Waals surface area contributed by atoms with E-state index < -0.39 is 0 Å². The van der Waals surface area contributed by atoms with Gasteiger partial charge in [-0.25, -0.2) is 4.98 Å². The van der Waals surface area contributed by atoms with E-state index >= 15 is 0 Å². The summed E-state index contributed by atoms with van der Waals surface area (Å²) >= 11 is 0. The van der Waals surface area contributed by atoms with Crippen LogP contribution in [0.15, 0.2) is 72.9 Å². The summed E-state index contributed by atoms with van der Waals surface area (Å²) in [6.07, 6.45) is 1.66. The highest BCUT2D eigenvalue weighted by Gasteiger charge is 2.18. The van der Waals surface area contributed by atoms with Crippen LogP contribution in [-0.4, -0.2) is 10.9 Å². The summed E-state index contributed by atoms with van der Waals surface area (Å²) in [4.78, 5) is 5.95. The average molecular weight is 332 g/mol. The zero-order valence-electron chi connectivity index (χ0n) is 14.0. The van der Waals surface area contributed by atoms with Crippen LogP contribution in [0.1, 0.15) is 11.1 Å². The Morgan fingerprint density at radius 1 is 1.04 bits per heavy atom. The van der Waals surface area contributed by atoms with Crippen molar-refractivity contribution in [1.29, 1.82) is 5.41 Å². The number of rotatable bonds is 5. The van der Waals surface area contributed by atoms with E-state index in [9.17, 15) is 0 Å². The number of aryl methyl sites for hydroxylation is 1. The lowest BCUT2D eigenvalue weighted by Crippen LogP contribution is -2.33. The van der Waals surface area contributed by atoms with Crippen LogP contribution < -0.4 is 15.4 Å². The molecule has 0 amide bonds. The van der Waals surface area contributed by atoms with Crippen LogP contribution in [0.4, 0.5) is 11.5 Å². The molecule has 0 aliphatic carbocycles. The van der Waals surface area contributed by atoms with Gasteiger partial charge >= 0.3 is 0 Å². The van der Waals surface area contributed by atoms with Crippen LogP contribution >= 0.6 is 0 Å². The maximum absolute atomic E-state index is 7.96. The van der Waals surface area contributed by atoms with E-state index in [2.05, 4.69) is 18.0 Å². The molecule has 1 aromatic heterocycles. The number of aromatic nitrogens is 1. The van der Waals surface area contributed by atoms with Gasteiger partial charge in [0.25, 0.3) is 0 Å². The van der Waals surface area contributed by atoms with Gasteiger partial charge in [0, 0.05) is 6.20 Å². The number of nitrogens with two attached hydrogens (primary N) is 1. The van der Waals surface area contributed by atoms with Crippen molar-refractivity contribution in [2.75, 3.05) is 4.90 Å². The van der Waals surface area contributed by atoms with Gasteiger partial charge in [-0.05, 0) is 42.3 Å². The number of nitrogens with one attached hydrogen (secondary N) is 1. The summed E-state index contributed by atoms with van der Waals surface area (Å²) in [7, 11) is 0. The Balaban J connectivity index is 1.92. The zero-order chi connectivity index (χ0) is 17.6. The third-order valence-electron chi connectivity index (χ3n) is 3.86. The molecule has 0 radical (unpaired) electrons. The predicted octanol–water partition coefficient (Wildman–Crippen LogP) is 4.00. The molecule has 1 heterocycles. The molecular formula is C20H20N4O. The van der Waals surface area contributed by atoms with Gasteiger partial charge in [0.05, 0.1) is 5.69 Å². The normalized spacial score (nSPS) is 10.3. The van der Waals surface area contributed by atoms with Crippen molar-refractivity contribution in [2.24, 2.45) is 5.73 Å². The minimum atomic E-state index is -0.120. The molecule has 0 aliphatic heterocycles. The van der Waals surface area contributed by atoms with E-state index in [0.717, 1.165) is 11.3 Å². The predicted molar refractivity (Wildman–Crippen MR) is 100 cm³/mol. The molecule has 0 aliphatic rings. The molecule has 3 rings (SSSR count). The first-order chi connectivity index (χ1) is 12.2. The fourth-order valence-corrected chi connectivity index (χ4v) is 2.54.